The van der Waals surface area contributed by atoms with Crippen molar-refractivity contribution in [1.29, 1.82) is 0 Å². The Morgan fingerprint density at radius 3 is 2.39 bits per heavy atom. The van der Waals surface area contributed by atoms with Crippen LogP contribution in [-0.4, -0.2) is 13.9 Å². The Balaban J connectivity index is 2.56. The van der Waals surface area contributed by atoms with E-state index in [1.807, 2.05) is 0 Å². The van der Waals surface area contributed by atoms with Crippen molar-refractivity contribution in [2.24, 2.45) is 0 Å². The molecule has 1 aliphatic carbocycles. The fourth-order valence-corrected chi connectivity index (χ4v) is 4.95. The predicted molar refractivity (Wildman–Crippen MR) is 80.3 cm³/mol. The molecule has 2 rings (SSSR count). The molecule has 18 heavy (non-hydrogen) atoms. The number of ketones is 1. The second-order valence-electron chi connectivity index (χ2n) is 7.03. The average Bonchev–Trinajstić information content (AvgIpc) is 2.26. The summed E-state index contributed by atoms with van der Waals surface area (Å²) >= 11 is 0. The van der Waals surface area contributed by atoms with E-state index in [1.165, 1.54) is 16.3 Å². The SMILES string of the molecule is CC(C)(C)[Si](C)(C)c1cccc2c1CC(=O)CC2. The van der Waals surface area contributed by atoms with Crippen LogP contribution in [0.3, 0.4) is 0 Å². The summed E-state index contributed by atoms with van der Waals surface area (Å²) in [6.07, 6.45) is 2.34. The molecule has 1 aliphatic rings. The highest BCUT2D eigenvalue weighted by Gasteiger charge is 2.39. The van der Waals surface area contributed by atoms with Crippen LogP contribution < -0.4 is 5.19 Å². The van der Waals surface area contributed by atoms with Gasteiger partial charge in [0.15, 0.2) is 0 Å². The third-order valence-electron chi connectivity index (χ3n) is 4.87. The summed E-state index contributed by atoms with van der Waals surface area (Å²) < 4.78 is 0. The topological polar surface area (TPSA) is 17.1 Å². The first-order chi connectivity index (χ1) is 8.23. The summed E-state index contributed by atoms with van der Waals surface area (Å²) in [7, 11) is -1.54. The number of benzene rings is 1. The maximum absolute atomic E-state index is 11.8. The number of rotatable bonds is 1. The number of Topliss-reactive ketones (excluding diaryl/α,β-unsaturated/α-hetero) is 1. The van der Waals surface area contributed by atoms with E-state index in [4.69, 9.17) is 0 Å². The predicted octanol–water partition coefficient (Wildman–Crippen LogP) is 3.46. The van der Waals surface area contributed by atoms with Crippen molar-refractivity contribution >= 4 is 19.0 Å². The molecule has 0 radical (unpaired) electrons. The first-order valence-electron chi connectivity index (χ1n) is 6.86. The Morgan fingerprint density at radius 1 is 1.11 bits per heavy atom. The molecule has 0 aromatic heterocycles. The minimum absolute atomic E-state index is 0.322. The molecule has 1 aromatic rings. The number of aryl methyl sites for hydroxylation is 1. The van der Waals surface area contributed by atoms with Crippen molar-refractivity contribution in [2.75, 3.05) is 0 Å². The summed E-state index contributed by atoms with van der Waals surface area (Å²) in [5.74, 6) is 0.411. The van der Waals surface area contributed by atoms with Crippen LogP contribution in [0.4, 0.5) is 0 Å². The van der Waals surface area contributed by atoms with E-state index < -0.39 is 8.07 Å². The highest BCUT2D eigenvalue weighted by atomic mass is 28.3. The van der Waals surface area contributed by atoms with Gasteiger partial charge in [-0.2, -0.15) is 0 Å². The van der Waals surface area contributed by atoms with Gasteiger partial charge in [-0.1, -0.05) is 57.3 Å². The summed E-state index contributed by atoms with van der Waals surface area (Å²) in [4.78, 5) is 11.8. The third-order valence-corrected chi connectivity index (χ3v) is 10.4. The van der Waals surface area contributed by atoms with Gasteiger partial charge < -0.3 is 0 Å². The minimum atomic E-state index is -1.54. The monoisotopic (exact) mass is 260 g/mol. The highest BCUT2D eigenvalue weighted by Crippen LogP contribution is 2.37. The van der Waals surface area contributed by atoms with Crippen LogP contribution in [0.1, 0.15) is 38.3 Å². The minimum Gasteiger partial charge on any atom is -0.299 e. The Morgan fingerprint density at radius 2 is 1.78 bits per heavy atom. The number of carbonyl (C=O) groups excluding carboxylic acids is 1. The summed E-state index contributed by atoms with van der Waals surface area (Å²) in [6.45, 7) is 11.9. The maximum atomic E-state index is 11.8. The first-order valence-corrected chi connectivity index (χ1v) is 9.86. The van der Waals surface area contributed by atoms with Crippen molar-refractivity contribution in [3.63, 3.8) is 0 Å². The van der Waals surface area contributed by atoms with Gasteiger partial charge in [0.05, 0.1) is 8.07 Å². The Labute approximate surface area is 112 Å². The van der Waals surface area contributed by atoms with Gasteiger partial charge in [0, 0.05) is 12.8 Å². The van der Waals surface area contributed by atoms with Crippen LogP contribution in [0, 0.1) is 0 Å². The van der Waals surface area contributed by atoms with Crippen LogP contribution in [0.15, 0.2) is 18.2 Å². The van der Waals surface area contributed by atoms with Crippen molar-refractivity contribution < 1.29 is 4.79 Å². The zero-order valence-corrected chi connectivity index (χ0v) is 13.3. The lowest BCUT2D eigenvalue weighted by atomic mass is 9.91. The number of hydrogen-bond donors (Lipinski definition) is 0. The molecule has 0 N–H and O–H groups in total. The molecule has 0 saturated carbocycles. The van der Waals surface area contributed by atoms with E-state index >= 15 is 0 Å². The number of hydrogen-bond acceptors (Lipinski definition) is 1. The van der Waals surface area contributed by atoms with Crippen molar-refractivity contribution in [3.8, 4) is 0 Å². The van der Waals surface area contributed by atoms with E-state index in [-0.39, 0.29) is 0 Å². The van der Waals surface area contributed by atoms with Gasteiger partial charge >= 0.3 is 0 Å². The third kappa shape index (κ3) is 2.18. The second-order valence-corrected chi connectivity index (χ2v) is 12.3. The summed E-state index contributed by atoms with van der Waals surface area (Å²) in [5, 5.41) is 1.82. The molecular formula is C16H24OSi. The Bertz CT molecular complexity index is 480. The zero-order valence-electron chi connectivity index (χ0n) is 12.3. The van der Waals surface area contributed by atoms with E-state index in [0.29, 0.717) is 17.2 Å². The van der Waals surface area contributed by atoms with Crippen LogP contribution in [0.5, 0.6) is 0 Å². The number of fused-ring (bicyclic) bond motifs is 1. The van der Waals surface area contributed by atoms with Gasteiger partial charge in [0.25, 0.3) is 0 Å². The molecule has 1 aromatic carbocycles. The fraction of sp³-hybridized carbons (Fsp3) is 0.562. The van der Waals surface area contributed by atoms with E-state index in [9.17, 15) is 4.79 Å². The van der Waals surface area contributed by atoms with Gasteiger partial charge in [0.1, 0.15) is 5.78 Å². The molecule has 1 nitrogen and oxygen atoms in total. The van der Waals surface area contributed by atoms with Gasteiger partial charge in [-0.15, -0.1) is 0 Å². The van der Waals surface area contributed by atoms with Gasteiger partial charge in [0.2, 0.25) is 0 Å². The molecule has 0 saturated heterocycles. The highest BCUT2D eigenvalue weighted by molar-refractivity contribution is 6.92. The molecule has 0 bridgehead atoms. The molecule has 98 valence electrons. The van der Waals surface area contributed by atoms with Crippen LogP contribution in [0.2, 0.25) is 18.1 Å². The molecule has 0 amide bonds. The normalized spacial score (nSPS) is 16.6. The molecular weight excluding hydrogens is 236 g/mol. The van der Waals surface area contributed by atoms with Crippen molar-refractivity contribution in [2.45, 2.75) is 58.2 Å². The largest absolute Gasteiger partial charge is 0.299 e. The lowest BCUT2D eigenvalue weighted by Crippen LogP contribution is -2.51. The second kappa shape index (κ2) is 4.34. The summed E-state index contributed by atoms with van der Waals surface area (Å²) in [5.41, 5.74) is 2.78. The molecule has 0 heterocycles. The molecule has 0 fully saturated rings. The molecule has 2 heteroatoms. The molecule has 0 spiro atoms. The quantitative estimate of drug-likeness (QED) is 0.707. The smallest absolute Gasteiger partial charge is 0.137 e. The van der Waals surface area contributed by atoms with Crippen LogP contribution in [0.25, 0.3) is 0 Å². The lowest BCUT2D eigenvalue weighted by Gasteiger charge is -2.39. The molecule has 0 aliphatic heterocycles. The standard InChI is InChI=1S/C16H24OSi/c1-16(2,3)18(4,5)15-8-6-7-12-9-10-13(17)11-14(12)15/h6-8H,9-11H2,1-5H3. The Kier molecular flexibility index (Phi) is 3.26. The van der Waals surface area contributed by atoms with Crippen molar-refractivity contribution in [3.05, 3.63) is 29.3 Å². The Hall–Kier alpha value is -0.893. The fourth-order valence-electron chi connectivity index (χ4n) is 2.63. The van der Waals surface area contributed by atoms with Crippen molar-refractivity contribution in [1.82, 2.24) is 0 Å². The van der Waals surface area contributed by atoms with E-state index in [1.54, 1.807) is 0 Å². The molecule has 0 atom stereocenters. The van der Waals surface area contributed by atoms with Crippen LogP contribution in [-0.2, 0) is 17.6 Å². The van der Waals surface area contributed by atoms with Gasteiger partial charge in [-0.25, -0.2) is 0 Å². The van der Waals surface area contributed by atoms with E-state index in [0.717, 1.165) is 12.8 Å². The first kappa shape index (κ1) is 13.5. The van der Waals surface area contributed by atoms with Gasteiger partial charge in [-0.05, 0) is 22.6 Å². The maximum Gasteiger partial charge on any atom is 0.137 e. The summed E-state index contributed by atoms with van der Waals surface area (Å²) in [6, 6.07) is 6.66. The zero-order chi connectivity index (χ0) is 13.6. The van der Waals surface area contributed by atoms with Crippen LogP contribution >= 0.6 is 0 Å². The average molecular weight is 260 g/mol. The number of carbonyl (C=O) groups is 1. The molecule has 0 unspecified atom stereocenters. The van der Waals surface area contributed by atoms with E-state index in [2.05, 4.69) is 52.1 Å². The lowest BCUT2D eigenvalue weighted by molar-refractivity contribution is -0.118. The van der Waals surface area contributed by atoms with Gasteiger partial charge in [-0.3, -0.25) is 4.79 Å².